The van der Waals surface area contributed by atoms with Crippen LogP contribution in [0.3, 0.4) is 0 Å². The molecule has 32 heavy (non-hydrogen) atoms. The van der Waals surface area contributed by atoms with Crippen molar-refractivity contribution in [3.05, 3.63) is 72.6 Å². The fraction of sp³-hybridized carbons (Fsp3) is 0.536. The van der Waals surface area contributed by atoms with Crippen LogP contribution in [-0.2, 0) is 4.79 Å². The topological polar surface area (TPSA) is 66.6 Å². The summed E-state index contributed by atoms with van der Waals surface area (Å²) < 4.78 is 0. The number of allylic oxidation sites excluding steroid dienone is 6. The van der Waals surface area contributed by atoms with Gasteiger partial charge in [0.25, 0.3) is 0 Å². The van der Waals surface area contributed by atoms with E-state index in [1.54, 1.807) is 24.3 Å². The number of aliphatic hydroxyl groups is 1. The Hall–Kier alpha value is -2.33. The Morgan fingerprint density at radius 2 is 1.94 bits per heavy atom. The minimum absolute atomic E-state index is 0.0384. The normalized spacial score (nSPS) is 23.7. The lowest BCUT2D eigenvalue weighted by atomic mass is 9.71. The smallest absolute Gasteiger partial charge is 0.223 e. The number of carbonyl (C=O) groups is 1. The molecule has 3 N–H and O–H groups in total. The summed E-state index contributed by atoms with van der Waals surface area (Å²) in [5.74, 6) is 0.349. The number of rotatable bonds is 9. The van der Waals surface area contributed by atoms with Gasteiger partial charge in [0, 0.05) is 18.4 Å². The molecular formula is C28H46N2O2. The number of hydrogen-bond acceptors (Lipinski definition) is 3. The number of aliphatic hydroxyl groups excluding tert-OH is 1. The highest BCUT2D eigenvalue weighted by Crippen LogP contribution is 2.51. The molecule has 2 rings (SSSR count). The Labute approximate surface area is 197 Å². The third kappa shape index (κ3) is 8.31. The lowest BCUT2D eigenvalue weighted by molar-refractivity contribution is -0.139. The Balaban J connectivity index is 0.00000104. The summed E-state index contributed by atoms with van der Waals surface area (Å²) in [5, 5.41) is 10.1. The van der Waals surface area contributed by atoms with Crippen LogP contribution in [0.5, 0.6) is 0 Å². The predicted molar refractivity (Wildman–Crippen MR) is 139 cm³/mol. The van der Waals surface area contributed by atoms with E-state index in [0.29, 0.717) is 6.42 Å². The maximum atomic E-state index is 12.5. The van der Waals surface area contributed by atoms with E-state index in [4.69, 9.17) is 5.73 Å². The molecule has 2 aliphatic rings. The van der Waals surface area contributed by atoms with Crippen molar-refractivity contribution in [1.82, 2.24) is 4.90 Å². The van der Waals surface area contributed by atoms with Crippen LogP contribution in [0, 0.1) is 5.41 Å². The minimum Gasteiger partial charge on any atom is -0.508 e. The van der Waals surface area contributed by atoms with Crippen LogP contribution in [0.15, 0.2) is 72.6 Å². The molecule has 1 saturated heterocycles. The van der Waals surface area contributed by atoms with Crippen molar-refractivity contribution >= 4 is 5.91 Å². The number of carbonyl (C=O) groups excluding carboxylic acids is 1. The molecule has 1 aliphatic carbocycles. The molecule has 0 aromatic heterocycles. The summed E-state index contributed by atoms with van der Waals surface area (Å²) in [6, 6.07) is -0.0384. The van der Waals surface area contributed by atoms with Crippen LogP contribution in [0.2, 0.25) is 0 Å². The summed E-state index contributed by atoms with van der Waals surface area (Å²) in [4.78, 5) is 14.5. The lowest BCUT2D eigenvalue weighted by Gasteiger charge is -2.46. The first-order valence-corrected chi connectivity index (χ1v) is 12.1. The summed E-state index contributed by atoms with van der Waals surface area (Å²) >= 11 is 0. The van der Waals surface area contributed by atoms with Crippen molar-refractivity contribution in [2.75, 3.05) is 13.1 Å². The zero-order chi connectivity index (χ0) is 24.6. The second-order valence-corrected chi connectivity index (χ2v) is 8.07. The van der Waals surface area contributed by atoms with Gasteiger partial charge in [-0.05, 0) is 49.1 Å². The Bertz CT molecular complexity index is 711. The second-order valence-electron chi connectivity index (χ2n) is 8.07. The molecule has 1 amide bonds. The van der Waals surface area contributed by atoms with E-state index in [1.807, 2.05) is 24.8 Å². The van der Waals surface area contributed by atoms with Gasteiger partial charge in [0.2, 0.25) is 5.91 Å². The van der Waals surface area contributed by atoms with Crippen LogP contribution < -0.4 is 5.73 Å². The second kappa shape index (κ2) is 16.3. The molecule has 4 nitrogen and oxygen atoms in total. The quantitative estimate of drug-likeness (QED) is 0.235. The molecule has 0 bridgehead atoms. The van der Waals surface area contributed by atoms with Gasteiger partial charge in [-0.25, -0.2) is 0 Å². The zero-order valence-electron chi connectivity index (χ0n) is 21.1. The number of hydrogen-bond donors (Lipinski definition) is 2. The van der Waals surface area contributed by atoms with Gasteiger partial charge >= 0.3 is 0 Å². The van der Waals surface area contributed by atoms with Crippen molar-refractivity contribution in [2.24, 2.45) is 11.1 Å². The molecule has 2 atom stereocenters. The molecule has 0 radical (unpaired) electrons. The van der Waals surface area contributed by atoms with Gasteiger partial charge in [-0.3, -0.25) is 4.79 Å². The van der Waals surface area contributed by atoms with Crippen LogP contribution in [0.1, 0.15) is 73.1 Å². The molecule has 1 fully saturated rings. The largest absolute Gasteiger partial charge is 0.508 e. The summed E-state index contributed by atoms with van der Waals surface area (Å²) in [5.41, 5.74) is 7.23. The highest BCUT2D eigenvalue weighted by atomic mass is 16.3. The molecule has 4 heteroatoms. The molecule has 1 heterocycles. The van der Waals surface area contributed by atoms with E-state index >= 15 is 0 Å². The summed E-state index contributed by atoms with van der Waals surface area (Å²) in [6.07, 6.45) is 18.8. The first-order chi connectivity index (χ1) is 15.4. The van der Waals surface area contributed by atoms with E-state index in [1.165, 1.54) is 24.8 Å². The first kappa shape index (κ1) is 29.7. The number of nitrogens with two attached hydrogens (primary N) is 1. The summed E-state index contributed by atoms with van der Waals surface area (Å²) in [6.45, 7) is 19.4. The van der Waals surface area contributed by atoms with E-state index in [0.717, 1.165) is 31.5 Å². The highest BCUT2D eigenvalue weighted by Gasteiger charge is 2.50. The van der Waals surface area contributed by atoms with Crippen molar-refractivity contribution in [3.8, 4) is 0 Å². The van der Waals surface area contributed by atoms with E-state index in [-0.39, 0.29) is 23.1 Å². The van der Waals surface area contributed by atoms with E-state index in [2.05, 4.69) is 46.1 Å². The van der Waals surface area contributed by atoms with Crippen molar-refractivity contribution in [1.29, 1.82) is 0 Å². The Kier molecular flexibility index (Phi) is 15.1. The maximum absolute atomic E-state index is 12.5. The monoisotopic (exact) mass is 442 g/mol. The highest BCUT2D eigenvalue weighted by molar-refractivity contribution is 5.79. The van der Waals surface area contributed by atoms with Gasteiger partial charge in [0.15, 0.2) is 0 Å². The van der Waals surface area contributed by atoms with Crippen LogP contribution in [0.25, 0.3) is 0 Å². The predicted octanol–water partition coefficient (Wildman–Crippen LogP) is 6.79. The van der Waals surface area contributed by atoms with E-state index < -0.39 is 0 Å². The number of fused-ring (bicyclic) bond motifs is 1. The van der Waals surface area contributed by atoms with Gasteiger partial charge in [-0.1, -0.05) is 91.0 Å². The SMILES string of the molecule is C=C/C=C\C1=CC(=C\C(O)=C/C=C)/C2N(CCC)C(=O)CCC12C.CC.CCCCCN. The van der Waals surface area contributed by atoms with Gasteiger partial charge in [-0.2, -0.15) is 0 Å². The molecule has 0 spiro atoms. The third-order valence-electron chi connectivity index (χ3n) is 5.68. The Morgan fingerprint density at radius 3 is 2.44 bits per heavy atom. The molecular weight excluding hydrogens is 396 g/mol. The number of amides is 1. The Morgan fingerprint density at radius 1 is 1.25 bits per heavy atom. The van der Waals surface area contributed by atoms with Gasteiger partial charge < -0.3 is 15.7 Å². The number of nitrogens with zero attached hydrogens (tertiary/aromatic N) is 1. The zero-order valence-corrected chi connectivity index (χ0v) is 21.1. The summed E-state index contributed by atoms with van der Waals surface area (Å²) in [7, 11) is 0. The van der Waals surface area contributed by atoms with Crippen LogP contribution in [0.4, 0.5) is 0 Å². The number of unbranched alkanes of at least 4 members (excludes halogenated alkanes) is 2. The molecule has 0 aromatic rings. The van der Waals surface area contributed by atoms with Gasteiger partial charge in [0.1, 0.15) is 5.76 Å². The fourth-order valence-electron chi connectivity index (χ4n) is 4.17. The molecule has 180 valence electrons. The third-order valence-corrected chi connectivity index (χ3v) is 5.68. The van der Waals surface area contributed by atoms with E-state index in [9.17, 15) is 9.90 Å². The minimum atomic E-state index is -0.136. The lowest BCUT2D eigenvalue weighted by Crippen LogP contribution is -2.53. The van der Waals surface area contributed by atoms with Crippen molar-refractivity contribution in [3.63, 3.8) is 0 Å². The maximum Gasteiger partial charge on any atom is 0.223 e. The van der Waals surface area contributed by atoms with Gasteiger partial charge in [0.05, 0.1) is 6.04 Å². The molecule has 1 aliphatic heterocycles. The van der Waals surface area contributed by atoms with Crippen molar-refractivity contribution in [2.45, 2.75) is 79.2 Å². The molecule has 2 unspecified atom stereocenters. The number of likely N-dealkylation sites (tertiary alicyclic amines) is 1. The van der Waals surface area contributed by atoms with Crippen molar-refractivity contribution < 1.29 is 9.90 Å². The average Bonchev–Trinajstić information content (AvgIpc) is 3.06. The van der Waals surface area contributed by atoms with Crippen LogP contribution >= 0.6 is 0 Å². The fourth-order valence-corrected chi connectivity index (χ4v) is 4.17. The molecule has 0 saturated carbocycles. The number of piperidine rings is 1. The van der Waals surface area contributed by atoms with Gasteiger partial charge in [-0.15, -0.1) is 0 Å². The average molecular weight is 443 g/mol. The standard InChI is InChI=1S/C21H27NO2.C5H13N.C2H6/c1-5-8-10-17-14-16(15-18(23)9-6-2)20-21(17,4)12-11-19(24)22(20)13-7-3;1-2-3-4-5-6;1-2/h5-6,8-10,14-15,20,23H,1-2,7,11-13H2,3-4H3;2-6H2,1H3;1-2H3/b10-8-,16-15+,18-9+;;. The van der Waals surface area contributed by atoms with Crippen LogP contribution in [-0.4, -0.2) is 35.0 Å². The molecule has 0 aromatic carbocycles. The first-order valence-electron chi connectivity index (χ1n) is 12.1.